The van der Waals surface area contributed by atoms with Crippen molar-refractivity contribution >= 4 is 28.4 Å². The van der Waals surface area contributed by atoms with Gasteiger partial charge in [0.1, 0.15) is 10.6 Å². The predicted molar refractivity (Wildman–Crippen MR) is 76.0 cm³/mol. The summed E-state index contributed by atoms with van der Waals surface area (Å²) >= 11 is 1.06. The molecule has 0 atom stereocenters. The molecule has 1 rings (SSSR count). The Balaban J connectivity index is 2.69. The highest BCUT2D eigenvalue weighted by Gasteiger charge is 2.23. The quantitative estimate of drug-likeness (QED) is 0.781. The minimum Gasteiger partial charge on any atom is -0.478 e. The van der Waals surface area contributed by atoms with Crippen LogP contribution < -0.4 is 4.90 Å². The number of hydrogen-bond acceptors (Lipinski definition) is 4. The molecule has 0 saturated heterocycles. The maximum Gasteiger partial charge on any atom is 0.340 e. The van der Waals surface area contributed by atoms with Crippen molar-refractivity contribution in [3.63, 3.8) is 0 Å². The van der Waals surface area contributed by atoms with Crippen LogP contribution in [0.25, 0.3) is 0 Å². The number of hydrogen-bond donors (Lipinski definition) is 1. The van der Waals surface area contributed by atoms with Crippen molar-refractivity contribution in [1.82, 2.24) is 4.37 Å². The summed E-state index contributed by atoms with van der Waals surface area (Å²) in [5, 5.41) is 9.56. The second kappa shape index (κ2) is 7.23. The number of carboxylic acids is 1. The number of aromatic nitrogens is 1. The first-order chi connectivity index (χ1) is 8.99. The first kappa shape index (κ1) is 15.6. The predicted octanol–water partition coefficient (Wildman–Crippen LogP) is 3.08. The largest absolute Gasteiger partial charge is 0.478 e. The van der Waals surface area contributed by atoms with Crippen LogP contribution in [0.5, 0.6) is 0 Å². The Bertz CT molecular complexity index is 457. The Labute approximate surface area is 117 Å². The average Bonchev–Trinajstić information content (AvgIpc) is 2.75. The van der Waals surface area contributed by atoms with Gasteiger partial charge in [0.05, 0.1) is 5.69 Å². The van der Waals surface area contributed by atoms with E-state index in [0.717, 1.165) is 37.2 Å². The van der Waals surface area contributed by atoms with E-state index in [0.29, 0.717) is 17.1 Å². The Kier molecular flexibility index (Phi) is 5.95. The van der Waals surface area contributed by atoms with Crippen LogP contribution in [0.1, 0.15) is 55.1 Å². The number of aromatic carboxylic acids is 1. The number of rotatable bonds is 7. The summed E-state index contributed by atoms with van der Waals surface area (Å²) in [5.41, 5.74) is 0.590. The Morgan fingerprint density at radius 1 is 1.32 bits per heavy atom. The molecule has 0 aliphatic heterocycles. The summed E-state index contributed by atoms with van der Waals surface area (Å²) in [6.07, 6.45) is 4.57. The van der Waals surface area contributed by atoms with E-state index in [1.807, 2.05) is 0 Å². The molecular formula is C13H20N2O3S. The lowest BCUT2D eigenvalue weighted by Crippen LogP contribution is -2.26. The molecule has 1 amide bonds. The van der Waals surface area contributed by atoms with Gasteiger partial charge >= 0.3 is 5.97 Å². The first-order valence-electron chi connectivity index (χ1n) is 6.45. The van der Waals surface area contributed by atoms with Gasteiger partial charge < -0.3 is 10.0 Å². The molecule has 0 aliphatic rings. The highest BCUT2D eigenvalue weighted by Crippen LogP contribution is 2.28. The molecule has 6 heteroatoms. The summed E-state index contributed by atoms with van der Waals surface area (Å²) in [6, 6.07) is 0. The first-order valence-corrected chi connectivity index (χ1v) is 7.22. The summed E-state index contributed by atoms with van der Waals surface area (Å²) in [5.74, 6) is -1.09. The van der Waals surface area contributed by atoms with Crippen molar-refractivity contribution in [3.05, 3.63) is 11.3 Å². The number of aryl methyl sites for hydroxylation is 1. The van der Waals surface area contributed by atoms with Crippen LogP contribution in [-0.2, 0) is 4.79 Å². The standard InChI is InChI=1S/C13H20N2O3S/c1-4-5-6-7-8-10(16)15(3)12-11(13(17)18)9(2)14-19-12/h4-8H2,1-3H3,(H,17,18). The van der Waals surface area contributed by atoms with Crippen LogP contribution in [0.15, 0.2) is 0 Å². The van der Waals surface area contributed by atoms with Crippen molar-refractivity contribution < 1.29 is 14.7 Å². The highest BCUT2D eigenvalue weighted by molar-refractivity contribution is 7.11. The molecule has 0 radical (unpaired) electrons. The van der Waals surface area contributed by atoms with Crippen molar-refractivity contribution in [3.8, 4) is 0 Å². The average molecular weight is 284 g/mol. The summed E-state index contributed by atoms with van der Waals surface area (Å²) in [7, 11) is 1.61. The maximum atomic E-state index is 12.0. The van der Waals surface area contributed by atoms with Gasteiger partial charge in [-0.1, -0.05) is 26.2 Å². The molecule has 19 heavy (non-hydrogen) atoms. The van der Waals surface area contributed by atoms with E-state index in [9.17, 15) is 9.59 Å². The van der Waals surface area contributed by atoms with Crippen LogP contribution in [-0.4, -0.2) is 28.4 Å². The molecule has 0 aromatic carbocycles. The van der Waals surface area contributed by atoms with Crippen LogP contribution in [0.4, 0.5) is 5.00 Å². The van der Waals surface area contributed by atoms with Gasteiger partial charge in [0, 0.05) is 13.5 Å². The van der Waals surface area contributed by atoms with E-state index in [1.54, 1.807) is 14.0 Å². The van der Waals surface area contributed by atoms with Gasteiger partial charge in [-0.15, -0.1) is 0 Å². The molecule has 0 unspecified atom stereocenters. The second-order valence-electron chi connectivity index (χ2n) is 4.52. The van der Waals surface area contributed by atoms with Crippen LogP contribution >= 0.6 is 11.5 Å². The molecule has 0 aliphatic carbocycles. The maximum absolute atomic E-state index is 12.0. The lowest BCUT2D eigenvalue weighted by atomic mass is 10.1. The normalized spacial score (nSPS) is 10.5. The van der Waals surface area contributed by atoms with Crippen molar-refractivity contribution in [2.45, 2.75) is 46.0 Å². The van der Waals surface area contributed by atoms with E-state index < -0.39 is 5.97 Å². The minimum atomic E-state index is -1.04. The van der Waals surface area contributed by atoms with Gasteiger partial charge in [-0.2, -0.15) is 4.37 Å². The Hall–Kier alpha value is -1.43. The number of anilines is 1. The zero-order valence-corrected chi connectivity index (χ0v) is 12.4. The number of nitrogens with zero attached hydrogens (tertiary/aromatic N) is 2. The molecule has 1 aromatic rings. The van der Waals surface area contributed by atoms with Crippen LogP contribution in [0.2, 0.25) is 0 Å². The molecule has 5 nitrogen and oxygen atoms in total. The number of amides is 1. The number of unbranched alkanes of at least 4 members (excludes halogenated alkanes) is 3. The summed E-state index contributed by atoms with van der Waals surface area (Å²) < 4.78 is 4.02. The van der Waals surface area contributed by atoms with Gasteiger partial charge in [-0.3, -0.25) is 4.79 Å². The van der Waals surface area contributed by atoms with Crippen LogP contribution in [0.3, 0.4) is 0 Å². The van der Waals surface area contributed by atoms with E-state index >= 15 is 0 Å². The van der Waals surface area contributed by atoms with E-state index in [1.165, 1.54) is 4.90 Å². The fourth-order valence-electron chi connectivity index (χ4n) is 1.82. The molecule has 1 aromatic heterocycles. The molecule has 0 bridgehead atoms. The number of carbonyl (C=O) groups excluding carboxylic acids is 1. The van der Waals surface area contributed by atoms with Crippen LogP contribution in [0, 0.1) is 6.92 Å². The number of carbonyl (C=O) groups is 2. The molecule has 106 valence electrons. The van der Waals surface area contributed by atoms with Gasteiger partial charge in [0.25, 0.3) is 0 Å². The lowest BCUT2D eigenvalue weighted by molar-refractivity contribution is -0.118. The SMILES string of the molecule is CCCCCCC(=O)N(C)c1snc(C)c1C(=O)O. The molecule has 1 heterocycles. The summed E-state index contributed by atoms with van der Waals surface area (Å²) in [4.78, 5) is 24.6. The molecular weight excluding hydrogens is 264 g/mol. The van der Waals surface area contributed by atoms with Gasteiger partial charge in [-0.25, -0.2) is 4.79 Å². The van der Waals surface area contributed by atoms with Crippen molar-refractivity contribution in [1.29, 1.82) is 0 Å². The summed E-state index contributed by atoms with van der Waals surface area (Å²) in [6.45, 7) is 3.76. The van der Waals surface area contributed by atoms with Gasteiger partial charge in [-0.05, 0) is 24.9 Å². The fraction of sp³-hybridized carbons (Fsp3) is 0.615. The molecule has 0 spiro atoms. The Morgan fingerprint density at radius 3 is 2.58 bits per heavy atom. The van der Waals surface area contributed by atoms with E-state index in [-0.39, 0.29) is 11.5 Å². The fourth-order valence-corrected chi connectivity index (χ4v) is 2.68. The minimum absolute atomic E-state index is 0.0535. The topological polar surface area (TPSA) is 70.5 Å². The zero-order valence-electron chi connectivity index (χ0n) is 11.6. The third-order valence-corrected chi connectivity index (χ3v) is 4.00. The van der Waals surface area contributed by atoms with Crippen molar-refractivity contribution in [2.75, 3.05) is 11.9 Å². The third kappa shape index (κ3) is 4.02. The van der Waals surface area contributed by atoms with Crippen molar-refractivity contribution in [2.24, 2.45) is 0 Å². The highest BCUT2D eigenvalue weighted by atomic mass is 32.1. The van der Waals surface area contributed by atoms with E-state index in [4.69, 9.17) is 5.11 Å². The lowest BCUT2D eigenvalue weighted by Gasteiger charge is -2.15. The molecule has 1 N–H and O–H groups in total. The second-order valence-corrected chi connectivity index (χ2v) is 5.27. The van der Waals surface area contributed by atoms with E-state index in [2.05, 4.69) is 11.3 Å². The molecule has 0 saturated carbocycles. The molecule has 0 fully saturated rings. The monoisotopic (exact) mass is 284 g/mol. The van der Waals surface area contributed by atoms with Gasteiger partial charge in [0.2, 0.25) is 5.91 Å². The van der Waals surface area contributed by atoms with Gasteiger partial charge in [0.15, 0.2) is 0 Å². The smallest absolute Gasteiger partial charge is 0.340 e. The Morgan fingerprint density at radius 2 is 2.00 bits per heavy atom. The third-order valence-electron chi connectivity index (χ3n) is 2.98. The number of carboxylic acid groups (broad SMARTS) is 1. The zero-order chi connectivity index (χ0) is 14.4.